The Morgan fingerprint density at radius 2 is 1.57 bits per heavy atom. The lowest BCUT2D eigenvalue weighted by atomic mass is 9.85. The molecule has 1 fully saturated rings. The highest BCUT2D eigenvalue weighted by Crippen LogP contribution is 2.28. The molecule has 13 nitrogen and oxygen atoms in total. The molecule has 0 unspecified atom stereocenters. The number of aromatic nitrogens is 1. The van der Waals surface area contributed by atoms with Gasteiger partial charge in [-0.15, -0.1) is 11.3 Å². The van der Waals surface area contributed by atoms with Gasteiger partial charge < -0.3 is 45.3 Å². The van der Waals surface area contributed by atoms with Gasteiger partial charge in [-0.25, -0.2) is 4.98 Å². The van der Waals surface area contributed by atoms with Gasteiger partial charge in [0.1, 0.15) is 6.04 Å². The third kappa shape index (κ3) is 12.9. The van der Waals surface area contributed by atoms with Crippen LogP contribution in [0.5, 0.6) is 0 Å². The number of aliphatic hydroxyl groups is 1. The summed E-state index contributed by atoms with van der Waals surface area (Å²) in [6, 6.07) is 7.06. The Balaban J connectivity index is 1.37. The van der Waals surface area contributed by atoms with Gasteiger partial charge in [-0.3, -0.25) is 14.4 Å². The molecule has 0 radical (unpaired) electrons. The van der Waals surface area contributed by atoms with Crippen molar-refractivity contribution in [3.8, 4) is 10.4 Å². The minimum atomic E-state index is -1.01. The van der Waals surface area contributed by atoms with E-state index in [2.05, 4.69) is 15.6 Å². The zero-order valence-corrected chi connectivity index (χ0v) is 28.8. The summed E-state index contributed by atoms with van der Waals surface area (Å²) in [4.78, 5) is 46.2. The Morgan fingerprint density at radius 3 is 2.13 bits per heavy atom. The van der Waals surface area contributed by atoms with E-state index in [1.54, 1.807) is 11.3 Å². The molecule has 0 bridgehead atoms. The van der Waals surface area contributed by atoms with Crippen LogP contribution in [0.2, 0.25) is 0 Å². The van der Waals surface area contributed by atoms with Crippen LogP contribution in [0.1, 0.15) is 38.4 Å². The van der Waals surface area contributed by atoms with Crippen LogP contribution >= 0.6 is 11.3 Å². The molecule has 3 atom stereocenters. The average Bonchev–Trinajstić information content (AvgIpc) is 3.65. The van der Waals surface area contributed by atoms with Gasteiger partial charge in [0.05, 0.1) is 81.0 Å². The van der Waals surface area contributed by atoms with Gasteiger partial charge in [-0.1, -0.05) is 45.0 Å². The number of nitrogens with two attached hydrogens (primary N) is 1. The number of nitrogens with zero attached hydrogens (tertiary/aromatic N) is 2. The number of rotatable bonds is 20. The Bertz CT molecular complexity index is 1250. The fraction of sp³-hybridized carbons (Fsp3) is 0.636. The van der Waals surface area contributed by atoms with Crippen molar-refractivity contribution >= 4 is 29.1 Å². The summed E-state index contributed by atoms with van der Waals surface area (Å²) >= 11 is 1.58. The fourth-order valence-corrected chi connectivity index (χ4v) is 5.78. The number of hydrogen-bond donors (Lipinski definition) is 4. The molecule has 1 aromatic heterocycles. The lowest BCUT2D eigenvalue weighted by Crippen LogP contribution is -2.54. The van der Waals surface area contributed by atoms with Gasteiger partial charge in [0.15, 0.2) is 0 Å². The van der Waals surface area contributed by atoms with Crippen molar-refractivity contribution in [3.05, 3.63) is 41.0 Å². The van der Waals surface area contributed by atoms with E-state index in [9.17, 15) is 19.5 Å². The van der Waals surface area contributed by atoms with Gasteiger partial charge in [0, 0.05) is 32.6 Å². The van der Waals surface area contributed by atoms with Crippen molar-refractivity contribution in [1.82, 2.24) is 20.5 Å². The molecule has 14 heteroatoms. The van der Waals surface area contributed by atoms with Gasteiger partial charge in [0.25, 0.3) is 0 Å². The van der Waals surface area contributed by atoms with Gasteiger partial charge in [-0.2, -0.15) is 0 Å². The van der Waals surface area contributed by atoms with Crippen molar-refractivity contribution in [1.29, 1.82) is 0 Å². The smallest absolute Gasteiger partial charge is 0.245 e. The number of β-amino-alcohol motifs (C(OH)–C–C–N with tert-alkyl or cyclic N) is 1. The van der Waals surface area contributed by atoms with Crippen LogP contribution < -0.4 is 16.4 Å². The number of nitrogens with one attached hydrogen (secondary N) is 2. The molecule has 2 aromatic rings. The molecule has 0 saturated carbocycles. The molecule has 262 valence electrons. The number of carbonyl (C=O) groups is 3. The molecule has 2 heterocycles. The van der Waals surface area contributed by atoms with Crippen molar-refractivity contribution in [2.24, 2.45) is 17.1 Å². The summed E-state index contributed by atoms with van der Waals surface area (Å²) in [7, 11) is 0. The number of benzene rings is 1. The van der Waals surface area contributed by atoms with Crippen molar-refractivity contribution in [2.75, 3.05) is 72.5 Å². The van der Waals surface area contributed by atoms with E-state index in [0.29, 0.717) is 59.3 Å². The number of aliphatic hydroxyl groups excluding tert-OH is 1. The van der Waals surface area contributed by atoms with Crippen LogP contribution in [0.25, 0.3) is 10.4 Å². The van der Waals surface area contributed by atoms with Crippen LogP contribution in [0.15, 0.2) is 29.8 Å². The third-order valence-corrected chi connectivity index (χ3v) is 8.61. The molecule has 1 aromatic carbocycles. The number of aryl methyl sites for hydroxylation is 1. The highest BCUT2D eigenvalue weighted by Gasteiger charge is 2.43. The minimum absolute atomic E-state index is 0.0124. The summed E-state index contributed by atoms with van der Waals surface area (Å²) in [5.74, 6) is -1.76. The second-order valence-corrected chi connectivity index (χ2v) is 13.3. The molecular formula is C33H51N5O8S. The zero-order chi connectivity index (χ0) is 34.2. The monoisotopic (exact) mass is 677 g/mol. The topological polar surface area (TPSA) is 175 Å². The first kappa shape index (κ1) is 38.5. The molecule has 5 N–H and O–H groups in total. The zero-order valence-electron chi connectivity index (χ0n) is 28.0. The average molecular weight is 678 g/mol. The lowest BCUT2D eigenvalue weighted by molar-refractivity contribution is -0.139. The summed E-state index contributed by atoms with van der Waals surface area (Å²) in [5, 5.41) is 16.4. The van der Waals surface area contributed by atoms with Crippen molar-refractivity contribution in [3.63, 3.8) is 0 Å². The van der Waals surface area contributed by atoms with Crippen molar-refractivity contribution in [2.45, 2.75) is 52.8 Å². The molecule has 1 aliphatic rings. The predicted octanol–water partition coefficient (Wildman–Crippen LogP) is 1.50. The fourth-order valence-electron chi connectivity index (χ4n) is 4.97. The first-order chi connectivity index (χ1) is 22.5. The van der Waals surface area contributed by atoms with Crippen LogP contribution in [0.3, 0.4) is 0 Å². The van der Waals surface area contributed by atoms with Crippen molar-refractivity contribution < 1.29 is 38.4 Å². The highest BCUT2D eigenvalue weighted by molar-refractivity contribution is 7.13. The third-order valence-electron chi connectivity index (χ3n) is 7.64. The van der Waals surface area contributed by atoms with Gasteiger partial charge >= 0.3 is 0 Å². The first-order valence-electron chi connectivity index (χ1n) is 16.1. The Kier molecular flexibility index (Phi) is 16.2. The number of hydrogen-bond acceptors (Lipinski definition) is 11. The summed E-state index contributed by atoms with van der Waals surface area (Å²) in [5.41, 5.74) is 9.52. The number of likely N-dealkylation sites (tertiary alicyclic amines) is 1. The maximum Gasteiger partial charge on any atom is 0.245 e. The first-order valence-corrected chi connectivity index (χ1v) is 16.9. The van der Waals surface area contributed by atoms with Gasteiger partial charge in [-0.05, 0) is 23.5 Å². The SMILES string of the molecule is Cc1ncsc1-c1ccc(CNC(=O)[C@@H]2CN(C(=O)[C@H](NC(=O)CCOCCOCCOCCOCCN)C(C)(C)C)C[C@H]2O)cc1. The maximum absolute atomic E-state index is 13.6. The molecule has 3 rings (SSSR count). The molecule has 3 amide bonds. The Morgan fingerprint density at radius 1 is 0.979 bits per heavy atom. The van der Waals surface area contributed by atoms with Crippen LogP contribution in [-0.4, -0.2) is 117 Å². The van der Waals surface area contributed by atoms with E-state index in [1.807, 2.05) is 57.5 Å². The normalized spacial score (nSPS) is 17.1. The second kappa shape index (κ2) is 19.7. The summed E-state index contributed by atoms with van der Waals surface area (Å²) < 4.78 is 21.5. The highest BCUT2D eigenvalue weighted by atomic mass is 32.1. The molecule has 47 heavy (non-hydrogen) atoms. The molecule has 0 aliphatic carbocycles. The van der Waals surface area contributed by atoms with Crippen LogP contribution in [0.4, 0.5) is 0 Å². The number of ether oxygens (including phenoxy) is 4. The number of carbonyl (C=O) groups excluding carboxylic acids is 3. The van der Waals surface area contributed by atoms with E-state index in [4.69, 9.17) is 24.7 Å². The minimum Gasteiger partial charge on any atom is -0.390 e. The molecule has 0 spiro atoms. The Hall–Kier alpha value is -2.98. The van der Waals surface area contributed by atoms with Crippen LogP contribution in [-0.2, 0) is 39.9 Å². The van der Waals surface area contributed by atoms with E-state index in [0.717, 1.165) is 21.7 Å². The molecule has 1 aliphatic heterocycles. The Labute approximate surface area is 281 Å². The number of amides is 3. The second-order valence-electron chi connectivity index (χ2n) is 12.5. The quantitative estimate of drug-likeness (QED) is 0.150. The largest absolute Gasteiger partial charge is 0.390 e. The van der Waals surface area contributed by atoms with Crippen LogP contribution in [0, 0.1) is 18.3 Å². The summed E-state index contributed by atoms with van der Waals surface area (Å²) in [6.45, 7) is 11.6. The maximum atomic E-state index is 13.6. The summed E-state index contributed by atoms with van der Waals surface area (Å²) in [6.07, 6.45) is -0.936. The van der Waals surface area contributed by atoms with E-state index in [-0.39, 0.29) is 43.8 Å². The standard InChI is InChI=1S/C33H51N5O8S/c1-23-29(47-22-36-23)25-7-5-24(6-8-25)19-35-31(41)26-20-38(21-27(26)39)32(42)30(33(2,3)4)37-28(40)9-11-43-13-15-45-17-18-46-16-14-44-12-10-34/h5-8,22,26-27,30,39H,9-21,34H2,1-4H3,(H,35,41)(H,37,40)/t26-,27-,30+/m1/s1. The van der Waals surface area contributed by atoms with E-state index >= 15 is 0 Å². The molecule has 1 saturated heterocycles. The molecular weight excluding hydrogens is 626 g/mol. The lowest BCUT2D eigenvalue weighted by Gasteiger charge is -2.33. The van der Waals surface area contributed by atoms with Gasteiger partial charge in [0.2, 0.25) is 17.7 Å². The van der Waals surface area contributed by atoms with E-state index in [1.165, 1.54) is 4.90 Å². The number of thiazole rings is 1. The van der Waals surface area contributed by atoms with E-state index < -0.39 is 23.5 Å². The predicted molar refractivity (Wildman–Crippen MR) is 179 cm³/mol.